The van der Waals surface area contributed by atoms with Crippen molar-refractivity contribution in [1.82, 2.24) is 29.1 Å². The molecule has 0 spiro atoms. The summed E-state index contributed by atoms with van der Waals surface area (Å²) in [4.78, 5) is 51.3. The largest absolute Gasteiger partial charge is 0.509 e. The zero-order valence-corrected chi connectivity index (χ0v) is 30.5. The zero-order chi connectivity index (χ0) is 37.6. The number of anilines is 1. The summed E-state index contributed by atoms with van der Waals surface area (Å²) in [5.41, 5.74) is 4.78. The van der Waals surface area contributed by atoms with Crippen LogP contribution in [0.5, 0.6) is 0 Å². The van der Waals surface area contributed by atoms with E-state index in [0.717, 1.165) is 10.6 Å². The first-order chi connectivity index (χ1) is 24.7. The highest BCUT2D eigenvalue weighted by atomic mass is 32.7. The van der Waals surface area contributed by atoms with Gasteiger partial charge in [-0.1, -0.05) is 20.8 Å². The number of fused-ring (bicyclic) bond motifs is 1. The van der Waals surface area contributed by atoms with E-state index in [9.17, 15) is 29.2 Å². The second kappa shape index (κ2) is 17.1. The lowest BCUT2D eigenvalue weighted by molar-refractivity contribution is -0.0814. The molecule has 23 heteroatoms. The number of ether oxygens (including phenoxy) is 6. The summed E-state index contributed by atoms with van der Waals surface area (Å²) in [6, 6.07) is 1.09. The van der Waals surface area contributed by atoms with Crippen LogP contribution in [-0.2, 0) is 42.0 Å². The van der Waals surface area contributed by atoms with Crippen LogP contribution in [-0.4, -0.2) is 122 Å². The van der Waals surface area contributed by atoms with Crippen molar-refractivity contribution >= 4 is 41.3 Å². The second-order valence-electron chi connectivity index (χ2n) is 12.9. The number of hydrogen-bond donors (Lipinski definition) is 4. The normalized spacial score (nSPS) is 26.1. The Hall–Kier alpha value is -3.44. The van der Waals surface area contributed by atoms with E-state index in [1.165, 1.54) is 26.0 Å². The summed E-state index contributed by atoms with van der Waals surface area (Å²) < 4.78 is 62.3. The van der Waals surface area contributed by atoms with Crippen molar-refractivity contribution in [3.8, 4) is 0 Å². The molecular weight excluding hydrogens is 733 g/mol. The molecule has 8 atom stereocenters. The van der Waals surface area contributed by atoms with Gasteiger partial charge in [-0.3, -0.25) is 28.0 Å². The number of hydrogen-bond acceptors (Lipinski definition) is 19. The second-order valence-corrected chi connectivity index (χ2v) is 16.9. The maximum absolute atomic E-state index is 14.5. The van der Waals surface area contributed by atoms with Crippen LogP contribution in [0.4, 0.5) is 10.6 Å². The van der Waals surface area contributed by atoms with Crippen molar-refractivity contribution in [3.63, 3.8) is 0 Å². The van der Waals surface area contributed by atoms with E-state index in [4.69, 9.17) is 43.2 Å². The minimum Gasteiger partial charge on any atom is -0.434 e. The average molecular weight is 776 g/mol. The van der Waals surface area contributed by atoms with E-state index in [0.29, 0.717) is 22.5 Å². The number of nitrogens with one attached hydrogen (secondary N) is 1. The maximum Gasteiger partial charge on any atom is 0.509 e. The summed E-state index contributed by atoms with van der Waals surface area (Å²) in [6.45, 7) is 0.0718. The minimum atomic E-state index is -4.46. The van der Waals surface area contributed by atoms with Gasteiger partial charge in [0.25, 0.3) is 5.56 Å². The molecule has 2 aliphatic heterocycles. The van der Waals surface area contributed by atoms with Gasteiger partial charge in [0.1, 0.15) is 42.5 Å². The Morgan fingerprint density at radius 1 is 1.13 bits per heavy atom. The van der Waals surface area contributed by atoms with Crippen LogP contribution in [0.15, 0.2) is 34.5 Å². The maximum atomic E-state index is 14.5. The smallest absolute Gasteiger partial charge is 0.434 e. The number of carbonyl (C=O) groups is 1. The van der Waals surface area contributed by atoms with E-state index in [-0.39, 0.29) is 37.5 Å². The molecule has 21 nitrogen and oxygen atoms in total. The van der Waals surface area contributed by atoms with Crippen LogP contribution in [0.25, 0.3) is 11.2 Å². The first-order valence-corrected chi connectivity index (χ1v) is 19.2. The fourth-order valence-corrected chi connectivity index (χ4v) is 8.05. The highest BCUT2D eigenvalue weighted by molar-refractivity contribution is 8.55. The van der Waals surface area contributed by atoms with Crippen LogP contribution in [0.2, 0.25) is 0 Å². The molecule has 2 fully saturated rings. The Morgan fingerprint density at radius 3 is 2.63 bits per heavy atom. The Bertz CT molecular complexity index is 1840. The number of aliphatic hydroxyl groups is 2. The van der Waals surface area contributed by atoms with Crippen LogP contribution in [0, 0.1) is 5.41 Å². The summed E-state index contributed by atoms with van der Waals surface area (Å²) in [5, 5.41) is 21.2. The Labute approximate surface area is 300 Å². The molecule has 5 heterocycles. The number of rotatable bonds is 16. The van der Waals surface area contributed by atoms with Gasteiger partial charge in [0.15, 0.2) is 23.6 Å². The monoisotopic (exact) mass is 775 g/mol. The highest BCUT2D eigenvalue weighted by Gasteiger charge is 2.51. The van der Waals surface area contributed by atoms with Gasteiger partial charge in [-0.25, -0.2) is 29.1 Å². The lowest BCUT2D eigenvalue weighted by Gasteiger charge is -2.28. The lowest BCUT2D eigenvalue weighted by atomic mass is 9.99. The molecule has 288 valence electrons. The molecule has 2 aliphatic rings. The van der Waals surface area contributed by atoms with Crippen molar-refractivity contribution in [2.75, 3.05) is 51.8 Å². The van der Waals surface area contributed by atoms with Crippen LogP contribution in [0.3, 0.4) is 0 Å². The summed E-state index contributed by atoms with van der Waals surface area (Å²) in [5.74, 6) is -0.398. The van der Waals surface area contributed by atoms with Crippen molar-refractivity contribution in [2.24, 2.45) is 5.41 Å². The number of methoxy groups -OCH3 is 1. The number of aromatic amines is 1. The van der Waals surface area contributed by atoms with E-state index < -0.39 is 86.3 Å². The number of nitrogen functional groups attached to an aromatic ring is 1. The topological polar surface area (TPSA) is 273 Å². The fraction of sp³-hybridized carbons (Fsp3) is 0.655. The van der Waals surface area contributed by atoms with E-state index in [1.54, 1.807) is 4.57 Å². The van der Waals surface area contributed by atoms with Crippen molar-refractivity contribution in [3.05, 3.63) is 45.8 Å². The summed E-state index contributed by atoms with van der Waals surface area (Å²) >= 11 is 0.475. The number of aromatic nitrogens is 6. The van der Waals surface area contributed by atoms with Gasteiger partial charge < -0.3 is 44.4 Å². The van der Waals surface area contributed by atoms with E-state index in [2.05, 4.69) is 19.9 Å². The van der Waals surface area contributed by atoms with Gasteiger partial charge in [-0.05, 0) is 5.41 Å². The van der Waals surface area contributed by atoms with Crippen molar-refractivity contribution in [1.29, 1.82) is 0 Å². The molecule has 0 aromatic carbocycles. The average Bonchev–Trinajstić information content (AvgIpc) is 3.78. The number of H-pyrrole nitrogens is 1. The highest BCUT2D eigenvalue weighted by Crippen LogP contribution is 2.63. The van der Waals surface area contributed by atoms with Gasteiger partial charge in [0.05, 0.1) is 45.5 Å². The SMILES string of the molecule is COCCOC1[C@H](n2ccc(=O)[nH]c2=O)O[C@H](CO)[C@H]1OP(=O)(OC[C@H]1O[C@@H](n2cnc3c(N)ncnc32)C[C@@H]1O)SCOC(=O)OCC(C)(C)C. The van der Waals surface area contributed by atoms with Crippen molar-refractivity contribution in [2.45, 2.75) is 70.2 Å². The van der Waals surface area contributed by atoms with Crippen molar-refractivity contribution < 1.29 is 57.0 Å². The predicted molar refractivity (Wildman–Crippen MR) is 181 cm³/mol. The quantitative estimate of drug-likeness (QED) is 0.0682. The molecule has 52 heavy (non-hydrogen) atoms. The van der Waals surface area contributed by atoms with Gasteiger partial charge in [-0.2, -0.15) is 0 Å². The number of imidazole rings is 1. The van der Waals surface area contributed by atoms with Gasteiger partial charge in [0, 0.05) is 37.2 Å². The molecule has 2 unspecified atom stereocenters. The first-order valence-electron chi connectivity index (χ1n) is 16.0. The third-order valence-corrected chi connectivity index (χ3v) is 11.1. The molecule has 3 aromatic rings. The fourth-order valence-electron chi connectivity index (χ4n) is 5.26. The van der Waals surface area contributed by atoms with Gasteiger partial charge in [-0.15, -0.1) is 0 Å². The number of nitrogens with two attached hydrogens (primary N) is 1. The summed E-state index contributed by atoms with van der Waals surface area (Å²) in [7, 11) is 1.44. The number of aliphatic hydroxyl groups excluding tert-OH is 2. The molecule has 0 amide bonds. The third-order valence-electron chi connectivity index (χ3n) is 7.75. The molecule has 0 saturated carbocycles. The third kappa shape index (κ3) is 9.75. The van der Waals surface area contributed by atoms with Crippen LogP contribution >= 0.6 is 18.2 Å². The Kier molecular flexibility index (Phi) is 13.1. The van der Waals surface area contributed by atoms with E-state index >= 15 is 0 Å². The Balaban J connectivity index is 1.36. The zero-order valence-electron chi connectivity index (χ0n) is 28.8. The lowest BCUT2D eigenvalue weighted by Crippen LogP contribution is -2.41. The molecule has 3 aromatic heterocycles. The van der Waals surface area contributed by atoms with Gasteiger partial charge in [0.2, 0.25) is 0 Å². The molecule has 0 radical (unpaired) electrons. The molecule has 0 bridgehead atoms. The predicted octanol–water partition coefficient (Wildman–Crippen LogP) is 0.928. The van der Waals surface area contributed by atoms with E-state index in [1.807, 2.05) is 20.8 Å². The molecule has 2 saturated heterocycles. The summed E-state index contributed by atoms with van der Waals surface area (Å²) in [6.07, 6.45) is -5.03. The van der Waals surface area contributed by atoms with Crippen LogP contribution in [0.1, 0.15) is 39.6 Å². The molecule has 5 rings (SSSR count). The number of carbonyl (C=O) groups excluding carboxylic acids is 1. The first kappa shape index (κ1) is 39.8. The standard InChI is InChI=1S/C29H42N7O14PS/c1-29(2,3)12-45-28(41)46-15-52-51(42,47-11-18-16(38)9-20(48-18)36-14-33-21-24(30)31-13-32-25(21)36)50-22-17(10-37)49-26(23(22)44-8-7-43-4)35-6-5-19(39)34-27(35)40/h5-6,13-14,16-18,20,22-23,26,37-38H,7-12,15H2,1-4H3,(H2,30,31,32)(H,34,39,40)/t16-,17+,18+,20+,22+,23?,26+,51?/m0/s1. The molecule has 5 N–H and O–H groups in total. The molecular formula is C29H42N7O14PS. The van der Waals surface area contributed by atoms with Gasteiger partial charge >= 0.3 is 18.6 Å². The minimum absolute atomic E-state index is 0.0405. The molecule has 0 aliphatic carbocycles. The van der Waals surface area contributed by atoms with Crippen LogP contribution < -0.4 is 17.0 Å². The Morgan fingerprint density at radius 2 is 1.92 bits per heavy atom. The number of nitrogens with zero attached hydrogens (tertiary/aromatic N) is 5.